The van der Waals surface area contributed by atoms with Crippen LogP contribution >= 0.6 is 0 Å². The Labute approximate surface area is 103 Å². The largest absolute Gasteiger partial charge is 0.493 e. The van der Waals surface area contributed by atoms with Crippen LogP contribution in [-0.4, -0.2) is 28.8 Å². The first-order valence-corrected chi connectivity index (χ1v) is 5.47. The molecule has 0 saturated heterocycles. The van der Waals surface area contributed by atoms with Crippen molar-refractivity contribution in [2.24, 2.45) is 0 Å². The minimum absolute atomic E-state index is 0.0942. The number of alkyl halides is 3. The van der Waals surface area contributed by atoms with Crippen molar-refractivity contribution in [3.8, 4) is 5.75 Å². The lowest BCUT2D eigenvalue weighted by atomic mass is 10.1. The lowest BCUT2D eigenvalue weighted by Gasteiger charge is -2.11. The van der Waals surface area contributed by atoms with Gasteiger partial charge in [0, 0.05) is 12.5 Å². The summed E-state index contributed by atoms with van der Waals surface area (Å²) in [6, 6.07) is -0.126. The number of nitrogens with zero attached hydrogens (tertiary/aromatic N) is 2. The number of aromatic nitrogens is 2. The van der Waals surface area contributed by atoms with Gasteiger partial charge in [-0.15, -0.1) is 0 Å². The number of hydrogen-bond donors (Lipinski definition) is 0. The van der Waals surface area contributed by atoms with E-state index in [1.54, 1.807) is 13.8 Å². The molecular formula is C11H15F3N2O2. The Bertz CT molecular complexity index is 424. The summed E-state index contributed by atoms with van der Waals surface area (Å²) >= 11 is 0. The lowest BCUT2D eigenvalue weighted by molar-refractivity contribution is -0.133. The summed E-state index contributed by atoms with van der Waals surface area (Å²) in [7, 11) is 1.35. The van der Waals surface area contributed by atoms with E-state index >= 15 is 0 Å². The molecule has 1 rings (SSSR count). The molecule has 0 spiro atoms. The van der Waals surface area contributed by atoms with E-state index in [4.69, 9.17) is 4.74 Å². The van der Waals surface area contributed by atoms with E-state index in [9.17, 15) is 18.0 Å². The molecule has 18 heavy (non-hydrogen) atoms. The second kappa shape index (κ2) is 5.41. The van der Waals surface area contributed by atoms with E-state index in [0.29, 0.717) is 0 Å². The molecule has 0 amide bonds. The Balaban J connectivity index is 2.93. The van der Waals surface area contributed by atoms with Gasteiger partial charge in [0.2, 0.25) is 0 Å². The zero-order valence-corrected chi connectivity index (χ0v) is 10.4. The second-order valence-electron chi connectivity index (χ2n) is 4.14. The van der Waals surface area contributed by atoms with Gasteiger partial charge in [0.1, 0.15) is 5.69 Å². The quantitative estimate of drug-likeness (QED) is 0.768. The molecule has 0 radical (unpaired) electrons. The van der Waals surface area contributed by atoms with Crippen LogP contribution in [0.2, 0.25) is 0 Å². The second-order valence-corrected chi connectivity index (χ2v) is 4.14. The predicted octanol–water partition coefficient (Wildman–Crippen LogP) is 3.00. The summed E-state index contributed by atoms with van der Waals surface area (Å²) in [4.78, 5) is 11.8. The fourth-order valence-corrected chi connectivity index (χ4v) is 1.53. The molecule has 0 aliphatic carbocycles. The molecule has 7 heteroatoms. The van der Waals surface area contributed by atoms with Crippen LogP contribution in [0.3, 0.4) is 0 Å². The first-order valence-electron chi connectivity index (χ1n) is 5.47. The average Bonchev–Trinajstić information content (AvgIpc) is 2.68. The fourth-order valence-electron chi connectivity index (χ4n) is 1.53. The third kappa shape index (κ3) is 3.48. The van der Waals surface area contributed by atoms with Crippen molar-refractivity contribution in [2.45, 2.75) is 38.9 Å². The highest BCUT2D eigenvalue weighted by molar-refractivity contribution is 5.97. The summed E-state index contributed by atoms with van der Waals surface area (Å²) in [6.45, 7) is 3.57. The first-order chi connectivity index (χ1) is 8.26. The van der Waals surface area contributed by atoms with E-state index in [2.05, 4.69) is 5.10 Å². The summed E-state index contributed by atoms with van der Waals surface area (Å²) in [5.41, 5.74) is 0.0942. The number of carbonyl (C=O) groups excluding carboxylic acids is 1. The molecule has 1 aromatic rings. The van der Waals surface area contributed by atoms with Gasteiger partial charge in [0.05, 0.1) is 19.7 Å². The Morgan fingerprint density at radius 2 is 2.11 bits per heavy atom. The van der Waals surface area contributed by atoms with Crippen LogP contribution in [0.25, 0.3) is 0 Å². The molecule has 0 saturated carbocycles. The van der Waals surface area contributed by atoms with Crippen molar-refractivity contribution in [3.63, 3.8) is 0 Å². The number of Topliss-reactive ketones (excluding diaryl/α,β-unsaturated/α-hetero) is 1. The molecule has 0 N–H and O–H groups in total. The SMILES string of the molecule is COc1cnn(C(C)C)c1C(=O)CCC(F)(F)F. The molecule has 0 fully saturated rings. The number of carbonyl (C=O) groups is 1. The lowest BCUT2D eigenvalue weighted by Crippen LogP contribution is -2.16. The maximum atomic E-state index is 12.1. The molecule has 0 unspecified atom stereocenters. The number of ketones is 1. The van der Waals surface area contributed by atoms with Crippen LogP contribution < -0.4 is 4.74 Å². The van der Waals surface area contributed by atoms with Gasteiger partial charge >= 0.3 is 6.18 Å². The standard InChI is InChI=1S/C11H15F3N2O2/c1-7(2)16-10(9(18-3)6-15-16)8(17)4-5-11(12,13)14/h6-7H,4-5H2,1-3H3. The predicted molar refractivity (Wildman–Crippen MR) is 58.8 cm³/mol. The van der Waals surface area contributed by atoms with Crippen molar-refractivity contribution in [3.05, 3.63) is 11.9 Å². The van der Waals surface area contributed by atoms with E-state index in [0.717, 1.165) is 0 Å². The maximum Gasteiger partial charge on any atom is 0.389 e. The van der Waals surface area contributed by atoms with Crippen LogP contribution in [0.15, 0.2) is 6.20 Å². The highest BCUT2D eigenvalue weighted by Crippen LogP contribution is 2.26. The number of halogens is 3. The van der Waals surface area contributed by atoms with Gasteiger partial charge in [0.15, 0.2) is 11.5 Å². The van der Waals surface area contributed by atoms with E-state index in [1.807, 2.05) is 0 Å². The Morgan fingerprint density at radius 3 is 2.56 bits per heavy atom. The molecule has 4 nitrogen and oxygen atoms in total. The fraction of sp³-hybridized carbons (Fsp3) is 0.636. The Hall–Kier alpha value is -1.53. The molecule has 1 aromatic heterocycles. The summed E-state index contributed by atoms with van der Waals surface area (Å²) in [6.07, 6.45) is -4.75. The van der Waals surface area contributed by atoms with Gasteiger partial charge in [-0.25, -0.2) is 0 Å². The summed E-state index contributed by atoms with van der Waals surface area (Å²) < 4.78 is 42.6. The van der Waals surface area contributed by atoms with E-state index < -0.39 is 24.8 Å². The van der Waals surface area contributed by atoms with Gasteiger partial charge in [-0.1, -0.05) is 0 Å². The topological polar surface area (TPSA) is 44.1 Å². The van der Waals surface area contributed by atoms with Crippen LogP contribution in [0.5, 0.6) is 5.75 Å². The van der Waals surface area contributed by atoms with Crippen LogP contribution in [0.1, 0.15) is 43.2 Å². The third-order valence-corrected chi connectivity index (χ3v) is 2.37. The molecule has 0 aliphatic heterocycles. The molecule has 0 bridgehead atoms. The number of ether oxygens (including phenoxy) is 1. The van der Waals surface area contributed by atoms with Gasteiger partial charge < -0.3 is 4.74 Å². The molecular weight excluding hydrogens is 249 g/mol. The molecule has 1 heterocycles. The minimum atomic E-state index is -4.34. The van der Waals surface area contributed by atoms with Crippen LogP contribution in [-0.2, 0) is 0 Å². The monoisotopic (exact) mass is 264 g/mol. The van der Waals surface area contributed by atoms with Gasteiger partial charge in [0.25, 0.3) is 0 Å². The zero-order valence-electron chi connectivity index (χ0n) is 10.4. The Kier molecular flexibility index (Phi) is 4.37. The maximum absolute atomic E-state index is 12.1. The molecule has 0 atom stereocenters. The normalized spacial score (nSPS) is 11.9. The van der Waals surface area contributed by atoms with E-state index in [-0.39, 0.29) is 17.5 Å². The molecule has 0 aromatic carbocycles. The summed E-state index contributed by atoms with van der Waals surface area (Å²) in [5.74, 6) is -0.411. The number of rotatable bonds is 5. The van der Waals surface area contributed by atoms with Gasteiger partial charge in [-0.05, 0) is 13.8 Å². The Morgan fingerprint density at radius 1 is 1.50 bits per heavy atom. The van der Waals surface area contributed by atoms with Crippen LogP contribution in [0, 0.1) is 0 Å². The van der Waals surface area contributed by atoms with Crippen molar-refractivity contribution in [2.75, 3.05) is 7.11 Å². The van der Waals surface area contributed by atoms with Crippen molar-refractivity contribution in [1.82, 2.24) is 9.78 Å². The third-order valence-electron chi connectivity index (χ3n) is 2.37. The number of hydrogen-bond acceptors (Lipinski definition) is 3. The van der Waals surface area contributed by atoms with Crippen molar-refractivity contribution in [1.29, 1.82) is 0 Å². The minimum Gasteiger partial charge on any atom is -0.493 e. The van der Waals surface area contributed by atoms with Crippen LogP contribution in [0.4, 0.5) is 13.2 Å². The van der Waals surface area contributed by atoms with E-state index in [1.165, 1.54) is 18.0 Å². The van der Waals surface area contributed by atoms with Crippen molar-refractivity contribution < 1.29 is 22.7 Å². The molecule has 0 aliphatic rings. The highest BCUT2D eigenvalue weighted by atomic mass is 19.4. The average molecular weight is 264 g/mol. The highest BCUT2D eigenvalue weighted by Gasteiger charge is 2.30. The zero-order chi connectivity index (χ0) is 13.9. The van der Waals surface area contributed by atoms with Crippen molar-refractivity contribution >= 4 is 5.78 Å². The van der Waals surface area contributed by atoms with Gasteiger partial charge in [-0.2, -0.15) is 18.3 Å². The smallest absolute Gasteiger partial charge is 0.389 e. The number of methoxy groups -OCH3 is 1. The first kappa shape index (κ1) is 14.5. The summed E-state index contributed by atoms with van der Waals surface area (Å²) in [5, 5.41) is 3.94. The molecule has 102 valence electrons. The van der Waals surface area contributed by atoms with Gasteiger partial charge in [-0.3, -0.25) is 9.48 Å².